The summed E-state index contributed by atoms with van der Waals surface area (Å²) in [6, 6.07) is 3.16. The summed E-state index contributed by atoms with van der Waals surface area (Å²) in [5.41, 5.74) is 9.97. The lowest BCUT2D eigenvalue weighted by molar-refractivity contribution is -0.129. The molecule has 0 radical (unpaired) electrons. The fourth-order valence-corrected chi connectivity index (χ4v) is 5.15. The molecule has 4 rings (SSSR count). The van der Waals surface area contributed by atoms with Crippen molar-refractivity contribution in [2.75, 3.05) is 18.4 Å². The molecule has 1 aliphatic carbocycles. The first-order valence-corrected chi connectivity index (χ1v) is 11.8. The molecule has 1 aromatic carbocycles. The van der Waals surface area contributed by atoms with E-state index in [0.29, 0.717) is 24.5 Å². The van der Waals surface area contributed by atoms with Gasteiger partial charge in [0.2, 0.25) is 5.91 Å². The highest BCUT2D eigenvalue weighted by atomic mass is 19.1. The number of nitrogens with zero attached hydrogens (tertiary/aromatic N) is 3. The van der Waals surface area contributed by atoms with Gasteiger partial charge in [0.05, 0.1) is 22.6 Å². The third-order valence-corrected chi connectivity index (χ3v) is 7.07. The van der Waals surface area contributed by atoms with Crippen molar-refractivity contribution >= 4 is 17.5 Å². The zero-order valence-electron chi connectivity index (χ0n) is 20.0. The maximum atomic E-state index is 15.2. The molecule has 7 nitrogen and oxygen atoms in total. The Labute approximate surface area is 194 Å². The normalized spacial score (nSPS) is 18.2. The molecule has 2 aliphatic rings. The van der Waals surface area contributed by atoms with Crippen molar-refractivity contribution in [3.8, 4) is 5.69 Å². The smallest absolute Gasteiger partial charge is 0.253 e. The molecule has 178 valence electrons. The van der Waals surface area contributed by atoms with Crippen LogP contribution in [0.15, 0.2) is 12.1 Å². The number of benzene rings is 1. The number of carbonyl (C=O) groups excluding carboxylic acids is 2. The first kappa shape index (κ1) is 23.3. The molecule has 0 unspecified atom stereocenters. The lowest BCUT2D eigenvalue weighted by Crippen LogP contribution is -2.41. The van der Waals surface area contributed by atoms with Gasteiger partial charge in [0.15, 0.2) is 0 Å². The summed E-state index contributed by atoms with van der Waals surface area (Å²) in [6.07, 6.45) is 5.18. The van der Waals surface area contributed by atoms with E-state index >= 15 is 4.39 Å². The highest BCUT2D eigenvalue weighted by molar-refractivity contribution is 5.99. The SMILES string of the molecule is CCc1nn(-c2cc(F)c(C(N)=O)c(NC3CCN(C(C)=O)CC3)c2)c2c1CCC(C)(C)C2. The van der Waals surface area contributed by atoms with Gasteiger partial charge in [-0.15, -0.1) is 0 Å². The van der Waals surface area contributed by atoms with Crippen LogP contribution in [0.5, 0.6) is 0 Å². The number of hydrogen-bond donors (Lipinski definition) is 2. The summed E-state index contributed by atoms with van der Waals surface area (Å²) in [5.74, 6) is -1.40. The molecule has 2 aromatic rings. The molecular formula is C25H34FN5O2. The van der Waals surface area contributed by atoms with Gasteiger partial charge in [-0.3, -0.25) is 9.59 Å². The first-order valence-electron chi connectivity index (χ1n) is 11.8. The average Bonchev–Trinajstić information content (AvgIpc) is 3.10. The van der Waals surface area contributed by atoms with Gasteiger partial charge in [0.25, 0.3) is 5.91 Å². The van der Waals surface area contributed by atoms with Crippen LogP contribution in [0.25, 0.3) is 5.69 Å². The Kier molecular flexibility index (Phi) is 6.20. The lowest BCUT2D eigenvalue weighted by atomic mass is 9.76. The maximum Gasteiger partial charge on any atom is 0.253 e. The highest BCUT2D eigenvalue weighted by Gasteiger charge is 2.31. The van der Waals surface area contributed by atoms with Crippen LogP contribution in [0.1, 0.15) is 74.3 Å². The van der Waals surface area contributed by atoms with Crippen molar-refractivity contribution in [3.63, 3.8) is 0 Å². The van der Waals surface area contributed by atoms with E-state index in [2.05, 4.69) is 26.1 Å². The van der Waals surface area contributed by atoms with E-state index in [-0.39, 0.29) is 22.9 Å². The molecule has 2 heterocycles. The topological polar surface area (TPSA) is 93.2 Å². The van der Waals surface area contributed by atoms with Crippen molar-refractivity contribution in [1.82, 2.24) is 14.7 Å². The van der Waals surface area contributed by atoms with Crippen molar-refractivity contribution < 1.29 is 14.0 Å². The number of hydrogen-bond acceptors (Lipinski definition) is 4. The molecule has 0 saturated carbocycles. The van der Waals surface area contributed by atoms with E-state index in [1.807, 2.05) is 4.68 Å². The number of aromatic nitrogens is 2. The molecule has 3 N–H and O–H groups in total. The molecule has 0 bridgehead atoms. The summed E-state index contributed by atoms with van der Waals surface area (Å²) in [7, 11) is 0. The molecule has 2 amide bonds. The molecule has 8 heteroatoms. The number of likely N-dealkylation sites (tertiary alicyclic amines) is 1. The van der Waals surface area contributed by atoms with E-state index in [1.54, 1.807) is 17.9 Å². The zero-order chi connectivity index (χ0) is 23.9. The number of halogens is 1. The number of nitrogens with two attached hydrogens (primary N) is 1. The molecule has 1 fully saturated rings. The van der Waals surface area contributed by atoms with E-state index in [9.17, 15) is 9.59 Å². The van der Waals surface area contributed by atoms with Crippen LogP contribution in [0.3, 0.4) is 0 Å². The molecule has 1 aliphatic heterocycles. The number of primary amides is 1. The summed E-state index contributed by atoms with van der Waals surface area (Å²) in [6.45, 7) is 9.40. The second-order valence-electron chi connectivity index (χ2n) is 10.1. The van der Waals surface area contributed by atoms with Gasteiger partial charge in [-0.2, -0.15) is 5.10 Å². The predicted octanol–water partition coefficient (Wildman–Crippen LogP) is 3.61. The third-order valence-electron chi connectivity index (χ3n) is 7.07. The first-order chi connectivity index (χ1) is 15.6. The van der Waals surface area contributed by atoms with Crippen LogP contribution >= 0.6 is 0 Å². The van der Waals surface area contributed by atoms with Crippen molar-refractivity contribution in [1.29, 1.82) is 0 Å². The van der Waals surface area contributed by atoms with Crippen LogP contribution in [-0.4, -0.2) is 45.6 Å². The van der Waals surface area contributed by atoms with E-state index in [4.69, 9.17) is 10.8 Å². The second-order valence-corrected chi connectivity index (χ2v) is 10.1. The molecule has 1 aromatic heterocycles. The predicted molar refractivity (Wildman–Crippen MR) is 126 cm³/mol. The Morgan fingerprint density at radius 3 is 2.58 bits per heavy atom. The van der Waals surface area contributed by atoms with Gasteiger partial charge in [-0.25, -0.2) is 9.07 Å². The number of rotatable bonds is 5. The summed E-state index contributed by atoms with van der Waals surface area (Å²) in [5, 5.41) is 8.18. The Balaban J connectivity index is 1.72. The third kappa shape index (κ3) is 4.61. The quantitative estimate of drug-likeness (QED) is 0.720. The number of amides is 2. The van der Waals surface area contributed by atoms with Crippen molar-refractivity contribution in [2.45, 2.75) is 72.3 Å². The summed E-state index contributed by atoms with van der Waals surface area (Å²) < 4.78 is 17.1. The zero-order valence-corrected chi connectivity index (χ0v) is 20.0. The van der Waals surface area contributed by atoms with Crippen LogP contribution in [0.2, 0.25) is 0 Å². The van der Waals surface area contributed by atoms with Gasteiger partial charge in [0.1, 0.15) is 5.82 Å². The number of fused-ring (bicyclic) bond motifs is 1. The number of nitrogens with one attached hydrogen (secondary N) is 1. The molecular weight excluding hydrogens is 421 g/mol. The average molecular weight is 456 g/mol. The van der Waals surface area contributed by atoms with Crippen LogP contribution in [0, 0.1) is 11.2 Å². The molecule has 0 atom stereocenters. The van der Waals surface area contributed by atoms with Gasteiger partial charge in [-0.1, -0.05) is 20.8 Å². The minimum absolute atomic E-state index is 0.0185. The van der Waals surface area contributed by atoms with Crippen molar-refractivity contribution in [2.24, 2.45) is 11.1 Å². The van der Waals surface area contributed by atoms with E-state index in [0.717, 1.165) is 49.9 Å². The Morgan fingerprint density at radius 2 is 1.97 bits per heavy atom. The van der Waals surface area contributed by atoms with E-state index < -0.39 is 11.7 Å². The summed E-state index contributed by atoms with van der Waals surface area (Å²) >= 11 is 0. The Bertz CT molecular complexity index is 1080. The fourth-order valence-electron chi connectivity index (χ4n) is 5.15. The maximum absolute atomic E-state index is 15.2. The Hall–Kier alpha value is -2.90. The number of anilines is 1. The summed E-state index contributed by atoms with van der Waals surface area (Å²) in [4.78, 5) is 25.5. The largest absolute Gasteiger partial charge is 0.381 e. The molecule has 1 saturated heterocycles. The van der Waals surface area contributed by atoms with Crippen molar-refractivity contribution in [3.05, 3.63) is 40.5 Å². The standard InChI is InChI=1S/C25H34FN5O2/c1-5-20-18-6-9-25(3,4)14-22(18)31(29-20)17-12-19(26)23(24(27)33)21(13-17)28-16-7-10-30(11-8-16)15(2)32/h12-13,16,28H,5-11,14H2,1-4H3,(H2,27,33). The van der Waals surface area contributed by atoms with Crippen LogP contribution in [0.4, 0.5) is 10.1 Å². The Morgan fingerprint density at radius 1 is 1.27 bits per heavy atom. The fraction of sp³-hybridized carbons (Fsp3) is 0.560. The monoisotopic (exact) mass is 455 g/mol. The number of piperidine rings is 1. The molecule has 0 spiro atoms. The highest BCUT2D eigenvalue weighted by Crippen LogP contribution is 2.38. The number of carbonyl (C=O) groups is 2. The lowest BCUT2D eigenvalue weighted by Gasteiger charge is -2.32. The minimum atomic E-state index is -0.805. The van der Waals surface area contributed by atoms with Crippen LogP contribution in [-0.2, 0) is 24.1 Å². The number of aryl methyl sites for hydroxylation is 1. The van der Waals surface area contributed by atoms with Gasteiger partial charge < -0.3 is 16.0 Å². The molecule has 33 heavy (non-hydrogen) atoms. The van der Waals surface area contributed by atoms with E-state index in [1.165, 1.54) is 11.6 Å². The van der Waals surface area contributed by atoms with Gasteiger partial charge in [-0.05, 0) is 55.6 Å². The van der Waals surface area contributed by atoms with Crippen LogP contribution < -0.4 is 11.1 Å². The second kappa shape index (κ2) is 8.80. The minimum Gasteiger partial charge on any atom is -0.381 e. The van der Waals surface area contributed by atoms with Gasteiger partial charge in [0, 0.05) is 37.8 Å². The van der Waals surface area contributed by atoms with Gasteiger partial charge >= 0.3 is 0 Å².